The van der Waals surface area contributed by atoms with E-state index in [1.807, 2.05) is 0 Å². The smallest absolute Gasteiger partial charge is 0.326 e. The van der Waals surface area contributed by atoms with Crippen molar-refractivity contribution >= 4 is 41.5 Å². The number of hydrogen-bond acceptors (Lipinski definition) is 9. The van der Waals surface area contributed by atoms with Crippen molar-refractivity contribution < 1.29 is 39.0 Å². The van der Waals surface area contributed by atoms with E-state index in [0.717, 1.165) is 0 Å². The molecule has 1 aromatic heterocycles. The number of imidazole rings is 1. The molecule has 0 bridgehead atoms. The van der Waals surface area contributed by atoms with Crippen LogP contribution < -0.4 is 38.5 Å². The van der Waals surface area contributed by atoms with E-state index in [1.54, 1.807) is 0 Å². The van der Waals surface area contributed by atoms with Gasteiger partial charge in [-0.3, -0.25) is 29.0 Å². The average Bonchev–Trinajstić information content (AvgIpc) is 3.39. The minimum atomic E-state index is -1.37. The molecular formula is C22H36N10O8. The summed E-state index contributed by atoms with van der Waals surface area (Å²) in [5, 5.41) is 27.6. The van der Waals surface area contributed by atoms with Gasteiger partial charge in [0.25, 0.3) is 0 Å². The molecule has 40 heavy (non-hydrogen) atoms. The summed E-state index contributed by atoms with van der Waals surface area (Å²) >= 11 is 0. The van der Waals surface area contributed by atoms with Crippen LogP contribution in [0.3, 0.4) is 0 Å². The fourth-order valence-corrected chi connectivity index (χ4v) is 3.22. The lowest BCUT2D eigenvalue weighted by Crippen LogP contribution is -2.55. The Labute approximate surface area is 228 Å². The molecule has 13 N–H and O–H groups in total. The lowest BCUT2D eigenvalue weighted by atomic mass is 10.1. The van der Waals surface area contributed by atoms with Gasteiger partial charge in [0.15, 0.2) is 5.96 Å². The third-order valence-corrected chi connectivity index (χ3v) is 5.37. The molecule has 222 valence electrons. The van der Waals surface area contributed by atoms with Crippen LogP contribution in [0.5, 0.6) is 0 Å². The van der Waals surface area contributed by atoms with E-state index in [2.05, 4.69) is 36.2 Å². The Hall–Kier alpha value is -4.74. The van der Waals surface area contributed by atoms with Crippen LogP contribution in [0.2, 0.25) is 0 Å². The second-order valence-corrected chi connectivity index (χ2v) is 8.74. The number of guanidine groups is 1. The Morgan fingerprint density at radius 3 is 2.27 bits per heavy atom. The second kappa shape index (κ2) is 17.0. The number of amides is 4. The minimum absolute atomic E-state index is 0.0875. The number of hydrogen-bond donors (Lipinski definition) is 10. The molecule has 4 atom stereocenters. The molecule has 0 radical (unpaired) electrons. The van der Waals surface area contributed by atoms with Gasteiger partial charge in [-0.25, -0.2) is 9.78 Å². The number of aliphatic imine (C=N–C) groups is 1. The molecule has 0 saturated carbocycles. The Bertz CT molecular complexity index is 1060. The summed E-state index contributed by atoms with van der Waals surface area (Å²) < 4.78 is 0. The average molecular weight is 569 g/mol. The highest BCUT2D eigenvalue weighted by molar-refractivity contribution is 5.94. The minimum Gasteiger partial charge on any atom is -0.481 e. The zero-order chi connectivity index (χ0) is 30.2. The summed E-state index contributed by atoms with van der Waals surface area (Å²) in [5.74, 6) is -5.81. The highest BCUT2D eigenvalue weighted by atomic mass is 16.4. The molecule has 0 fully saturated rings. The summed E-state index contributed by atoms with van der Waals surface area (Å²) in [4.78, 5) is 82.5. The number of nitrogens with two attached hydrogens (primary N) is 3. The summed E-state index contributed by atoms with van der Waals surface area (Å²) in [6, 6.07) is -4.78. The van der Waals surface area contributed by atoms with Gasteiger partial charge >= 0.3 is 11.9 Å². The maximum absolute atomic E-state index is 12.7. The van der Waals surface area contributed by atoms with Gasteiger partial charge in [-0.2, -0.15) is 0 Å². The van der Waals surface area contributed by atoms with Gasteiger partial charge in [-0.15, -0.1) is 0 Å². The Morgan fingerprint density at radius 2 is 1.70 bits per heavy atom. The van der Waals surface area contributed by atoms with Crippen molar-refractivity contribution in [1.29, 1.82) is 0 Å². The van der Waals surface area contributed by atoms with Crippen molar-refractivity contribution in [2.45, 2.75) is 63.2 Å². The van der Waals surface area contributed by atoms with E-state index in [4.69, 9.17) is 22.3 Å². The first-order valence-electron chi connectivity index (χ1n) is 12.2. The van der Waals surface area contributed by atoms with E-state index in [-0.39, 0.29) is 31.8 Å². The normalized spacial score (nSPS) is 13.6. The number of aromatic nitrogens is 2. The standard InChI is InChI=1S/C22H36N10O8/c1-11(30-19(37)13(23)3-2-6-27-22(24)25)18(36)32-14(4-5-17(34)35)20(38)28-9-16(33)31-15(21(39)40)7-12-8-26-10-29-12/h8,10-11,13-15H,2-7,9,23H2,1H3,(H,26,29)(H,28,38)(H,30,37)(H,31,33)(H,32,36)(H,34,35)(H,39,40)(H4,24,25,27)/t11-,13-,14-,15-/m0/s1. The molecule has 0 aromatic carbocycles. The van der Waals surface area contributed by atoms with Crippen LogP contribution >= 0.6 is 0 Å². The maximum atomic E-state index is 12.7. The molecule has 0 aliphatic carbocycles. The van der Waals surface area contributed by atoms with Gasteiger partial charge in [0.05, 0.1) is 18.9 Å². The number of H-pyrrole nitrogens is 1. The highest BCUT2D eigenvalue weighted by Gasteiger charge is 2.27. The second-order valence-electron chi connectivity index (χ2n) is 8.74. The van der Waals surface area contributed by atoms with Crippen LogP contribution in [0.25, 0.3) is 0 Å². The molecule has 18 heteroatoms. The fourth-order valence-electron chi connectivity index (χ4n) is 3.22. The molecule has 0 unspecified atom stereocenters. The number of nitrogens with zero attached hydrogens (tertiary/aromatic N) is 2. The molecule has 18 nitrogen and oxygen atoms in total. The molecule has 0 saturated heterocycles. The fraction of sp³-hybridized carbons (Fsp3) is 0.545. The van der Waals surface area contributed by atoms with Gasteiger partial charge in [0, 0.05) is 31.3 Å². The number of nitrogens with one attached hydrogen (secondary N) is 5. The van der Waals surface area contributed by atoms with Crippen molar-refractivity contribution in [3.8, 4) is 0 Å². The molecule has 1 rings (SSSR count). The molecule has 0 spiro atoms. The largest absolute Gasteiger partial charge is 0.481 e. The molecule has 4 amide bonds. The number of aromatic amines is 1. The van der Waals surface area contributed by atoms with E-state index >= 15 is 0 Å². The lowest BCUT2D eigenvalue weighted by Gasteiger charge is -2.22. The predicted octanol–water partition coefficient (Wildman–Crippen LogP) is -4.13. The first-order valence-corrected chi connectivity index (χ1v) is 12.2. The molecule has 0 aliphatic heterocycles. The van der Waals surface area contributed by atoms with Crippen molar-refractivity contribution in [3.05, 3.63) is 18.2 Å². The van der Waals surface area contributed by atoms with Crippen LogP contribution in [0.4, 0.5) is 0 Å². The van der Waals surface area contributed by atoms with Crippen LogP contribution in [0.1, 0.15) is 38.3 Å². The van der Waals surface area contributed by atoms with Crippen molar-refractivity contribution in [2.75, 3.05) is 13.1 Å². The van der Waals surface area contributed by atoms with Crippen molar-refractivity contribution in [1.82, 2.24) is 31.2 Å². The van der Waals surface area contributed by atoms with E-state index < -0.39 is 72.7 Å². The number of carbonyl (C=O) groups excluding carboxylic acids is 4. The lowest BCUT2D eigenvalue weighted by molar-refractivity contribution is -0.141. The predicted molar refractivity (Wildman–Crippen MR) is 139 cm³/mol. The number of aliphatic carboxylic acids is 2. The van der Waals surface area contributed by atoms with Crippen molar-refractivity contribution in [2.24, 2.45) is 22.2 Å². The Kier molecular flexibility index (Phi) is 14.1. The molecule has 0 aliphatic rings. The first kappa shape index (κ1) is 33.3. The maximum Gasteiger partial charge on any atom is 0.326 e. The van der Waals surface area contributed by atoms with Gasteiger partial charge in [0.2, 0.25) is 23.6 Å². The van der Waals surface area contributed by atoms with E-state index in [9.17, 15) is 33.9 Å². The molecular weight excluding hydrogens is 532 g/mol. The van der Waals surface area contributed by atoms with Crippen LogP contribution in [-0.4, -0.2) is 99.0 Å². The third-order valence-electron chi connectivity index (χ3n) is 5.37. The number of carboxylic acids is 2. The van der Waals surface area contributed by atoms with Gasteiger partial charge in [-0.1, -0.05) is 0 Å². The third kappa shape index (κ3) is 13.2. The Balaban J connectivity index is 2.67. The topological polar surface area (TPSA) is 310 Å². The summed E-state index contributed by atoms with van der Waals surface area (Å²) in [5.41, 5.74) is 16.7. The Morgan fingerprint density at radius 1 is 1.00 bits per heavy atom. The van der Waals surface area contributed by atoms with Gasteiger partial charge in [0.1, 0.15) is 18.1 Å². The quantitative estimate of drug-likeness (QED) is 0.0458. The highest BCUT2D eigenvalue weighted by Crippen LogP contribution is 2.02. The monoisotopic (exact) mass is 568 g/mol. The summed E-state index contributed by atoms with van der Waals surface area (Å²) in [6.07, 6.45) is 2.48. The zero-order valence-electron chi connectivity index (χ0n) is 21.9. The summed E-state index contributed by atoms with van der Waals surface area (Å²) in [6.45, 7) is 0.954. The van der Waals surface area contributed by atoms with Crippen molar-refractivity contribution in [3.63, 3.8) is 0 Å². The molecule has 1 aromatic rings. The first-order chi connectivity index (χ1) is 18.8. The number of carboxylic acid groups (broad SMARTS) is 2. The SMILES string of the molecule is C[C@H](NC(=O)[C@@H](N)CCCN=C(N)N)C(=O)N[C@@H](CCC(=O)O)C(=O)NCC(=O)N[C@@H](Cc1cnc[nH]1)C(=O)O. The van der Waals surface area contributed by atoms with E-state index in [0.29, 0.717) is 12.1 Å². The van der Waals surface area contributed by atoms with Crippen LogP contribution in [-0.2, 0) is 35.2 Å². The zero-order valence-corrected chi connectivity index (χ0v) is 21.9. The van der Waals surface area contributed by atoms with Crippen LogP contribution in [0, 0.1) is 0 Å². The number of rotatable bonds is 18. The van der Waals surface area contributed by atoms with E-state index in [1.165, 1.54) is 19.4 Å². The van der Waals surface area contributed by atoms with Gasteiger partial charge in [-0.05, 0) is 26.2 Å². The molecule has 1 heterocycles. The van der Waals surface area contributed by atoms with Gasteiger partial charge < -0.3 is 53.7 Å². The summed E-state index contributed by atoms with van der Waals surface area (Å²) in [7, 11) is 0. The van der Waals surface area contributed by atoms with Crippen LogP contribution in [0.15, 0.2) is 17.5 Å². The number of carbonyl (C=O) groups is 6.